The zero-order valence-electron chi connectivity index (χ0n) is 18.4. The molecule has 0 saturated heterocycles. The number of nitrogens with zero attached hydrogens (tertiary/aromatic N) is 2. The van der Waals surface area contributed by atoms with Gasteiger partial charge in [0.2, 0.25) is 5.91 Å². The van der Waals surface area contributed by atoms with Gasteiger partial charge in [-0.15, -0.1) is 0 Å². The van der Waals surface area contributed by atoms with Gasteiger partial charge >= 0.3 is 0 Å². The van der Waals surface area contributed by atoms with Crippen molar-refractivity contribution < 1.29 is 14.4 Å². The van der Waals surface area contributed by atoms with E-state index >= 15 is 0 Å². The Balaban J connectivity index is 1.34. The van der Waals surface area contributed by atoms with Gasteiger partial charge in [0.1, 0.15) is 11.6 Å². The number of aromatic nitrogens is 1. The summed E-state index contributed by atoms with van der Waals surface area (Å²) < 4.78 is 13.4. The van der Waals surface area contributed by atoms with Crippen molar-refractivity contribution in [3.05, 3.63) is 59.5 Å². The lowest BCUT2D eigenvalue weighted by Crippen LogP contribution is -2.44. The van der Waals surface area contributed by atoms with Gasteiger partial charge in [0, 0.05) is 24.1 Å². The second-order valence-electron chi connectivity index (χ2n) is 9.95. The van der Waals surface area contributed by atoms with Gasteiger partial charge in [0.05, 0.1) is 5.71 Å². The fourth-order valence-electron chi connectivity index (χ4n) is 7.02. The van der Waals surface area contributed by atoms with E-state index in [1.54, 1.807) is 0 Å². The lowest BCUT2D eigenvalue weighted by molar-refractivity contribution is -0.116. The van der Waals surface area contributed by atoms with Gasteiger partial charge in [-0.1, -0.05) is 36.3 Å². The number of carbonyl (C=O) groups is 1. The van der Waals surface area contributed by atoms with Crippen LogP contribution in [0, 0.1) is 29.0 Å². The largest absolute Gasteiger partial charge is 0.411 e. The summed E-state index contributed by atoms with van der Waals surface area (Å²) in [5.74, 6) is 1.46. The van der Waals surface area contributed by atoms with E-state index in [9.17, 15) is 14.4 Å². The smallest absolute Gasteiger partial charge is 0.225 e. The number of aryl methyl sites for hydroxylation is 1. The van der Waals surface area contributed by atoms with Crippen molar-refractivity contribution in [3.8, 4) is 0 Å². The fourth-order valence-corrected chi connectivity index (χ4v) is 7.02. The molecule has 0 radical (unpaired) electrons. The molecule has 6 heteroatoms. The molecule has 0 aliphatic heterocycles. The third-order valence-corrected chi connectivity index (χ3v) is 8.37. The summed E-state index contributed by atoms with van der Waals surface area (Å²) in [6.45, 7) is 2.26. The monoisotopic (exact) mass is 435 g/mol. The molecule has 1 heterocycles. The van der Waals surface area contributed by atoms with Crippen molar-refractivity contribution in [2.24, 2.45) is 28.3 Å². The van der Waals surface area contributed by atoms with Gasteiger partial charge in [-0.05, 0) is 79.4 Å². The number of nitrogens with one attached hydrogen (secondary N) is 1. The average molecular weight is 436 g/mol. The number of anilines is 1. The highest BCUT2D eigenvalue weighted by Crippen LogP contribution is 2.62. The van der Waals surface area contributed by atoms with Crippen molar-refractivity contribution >= 4 is 17.4 Å². The maximum atomic E-state index is 13.4. The molecule has 2 aromatic rings. The number of hydrogen-bond acceptors (Lipinski definition) is 4. The molecular formula is C26H30FN3O2. The van der Waals surface area contributed by atoms with E-state index in [4.69, 9.17) is 0 Å². The quantitative estimate of drug-likeness (QED) is 0.488. The van der Waals surface area contributed by atoms with E-state index in [-0.39, 0.29) is 17.1 Å². The molecule has 168 valence electrons. The molecule has 5 atom stereocenters. The topological polar surface area (TPSA) is 74.6 Å². The third kappa shape index (κ3) is 3.59. The van der Waals surface area contributed by atoms with Crippen LogP contribution in [0.25, 0.3) is 0 Å². The number of amides is 1. The maximum absolute atomic E-state index is 13.4. The number of pyridine rings is 1. The highest BCUT2D eigenvalue weighted by molar-refractivity contribution is 5.93. The van der Waals surface area contributed by atoms with Gasteiger partial charge in [-0.3, -0.25) is 4.79 Å². The summed E-state index contributed by atoms with van der Waals surface area (Å²) in [6, 6.07) is 11.3. The fraction of sp³-hybridized carbons (Fsp3) is 0.500. The van der Waals surface area contributed by atoms with Crippen molar-refractivity contribution in [1.82, 2.24) is 4.98 Å². The van der Waals surface area contributed by atoms with Crippen LogP contribution in [0.2, 0.25) is 0 Å². The minimum atomic E-state index is -0.420. The van der Waals surface area contributed by atoms with Crippen molar-refractivity contribution in [3.63, 3.8) is 0 Å². The summed E-state index contributed by atoms with van der Waals surface area (Å²) in [6.07, 6.45) is 7.54. The minimum absolute atomic E-state index is 0.104. The SMILES string of the molecule is C[C@]12CCC3c4ccccc4CCC3C1[C@H](CCC(=O)Nc1cc(F)ccn1)C/C2=N\O. The molecule has 3 unspecified atom stereocenters. The lowest BCUT2D eigenvalue weighted by Gasteiger charge is -2.50. The Morgan fingerprint density at radius 2 is 2.16 bits per heavy atom. The van der Waals surface area contributed by atoms with E-state index in [1.165, 1.54) is 29.5 Å². The first-order valence-electron chi connectivity index (χ1n) is 11.7. The van der Waals surface area contributed by atoms with Crippen LogP contribution in [0.3, 0.4) is 0 Å². The Morgan fingerprint density at radius 3 is 2.97 bits per heavy atom. The van der Waals surface area contributed by atoms with E-state index in [0.29, 0.717) is 30.1 Å². The first kappa shape index (κ1) is 21.1. The predicted octanol–water partition coefficient (Wildman–Crippen LogP) is 5.55. The Hall–Kier alpha value is -2.76. The summed E-state index contributed by atoms with van der Waals surface area (Å²) in [5.41, 5.74) is 3.77. The van der Waals surface area contributed by atoms with E-state index < -0.39 is 5.82 Å². The Kier molecular flexibility index (Phi) is 5.48. The summed E-state index contributed by atoms with van der Waals surface area (Å²) in [4.78, 5) is 16.6. The van der Waals surface area contributed by atoms with Gasteiger partial charge < -0.3 is 10.5 Å². The van der Waals surface area contributed by atoms with Gasteiger partial charge in [0.15, 0.2) is 0 Å². The van der Waals surface area contributed by atoms with Crippen LogP contribution >= 0.6 is 0 Å². The molecule has 0 bridgehead atoms. The number of rotatable bonds is 4. The molecule has 1 aromatic heterocycles. The van der Waals surface area contributed by atoms with Crippen LogP contribution in [-0.4, -0.2) is 21.8 Å². The van der Waals surface area contributed by atoms with Crippen LogP contribution in [0.1, 0.15) is 62.5 Å². The summed E-state index contributed by atoms with van der Waals surface area (Å²) in [7, 11) is 0. The second kappa shape index (κ2) is 8.30. The number of halogens is 1. The van der Waals surface area contributed by atoms with Gasteiger partial charge in [-0.25, -0.2) is 9.37 Å². The van der Waals surface area contributed by atoms with Crippen molar-refractivity contribution in [2.45, 2.75) is 57.8 Å². The number of hydrogen-bond donors (Lipinski definition) is 2. The number of carbonyl (C=O) groups excluding carboxylic acids is 1. The first-order chi connectivity index (χ1) is 15.5. The first-order valence-corrected chi connectivity index (χ1v) is 11.7. The predicted molar refractivity (Wildman–Crippen MR) is 121 cm³/mol. The standard InChI is InChI=1S/C26H30FN3O2/c1-26-12-10-20-19-5-3-2-4-16(19)6-8-21(20)25(26)17(14-22(26)30-32)7-9-24(31)29-23-15-18(27)11-13-28-23/h2-5,11,13,15,17,20-21,25,32H,6-10,12,14H2,1H3,(H,28,29,31)/b30-22+/t17-,20?,21?,25?,26-/m1/s1. The highest BCUT2D eigenvalue weighted by atomic mass is 19.1. The molecule has 2 N–H and O–H groups in total. The van der Waals surface area contributed by atoms with Crippen LogP contribution in [-0.2, 0) is 11.2 Å². The molecule has 3 aliphatic carbocycles. The van der Waals surface area contributed by atoms with Crippen molar-refractivity contribution in [1.29, 1.82) is 0 Å². The van der Waals surface area contributed by atoms with Gasteiger partial charge in [0.25, 0.3) is 0 Å². The zero-order chi connectivity index (χ0) is 22.3. The Labute approximate surface area is 188 Å². The maximum Gasteiger partial charge on any atom is 0.225 e. The molecule has 1 aromatic carbocycles. The molecular weight excluding hydrogens is 405 g/mol. The van der Waals surface area contributed by atoms with Crippen LogP contribution < -0.4 is 5.32 Å². The third-order valence-electron chi connectivity index (χ3n) is 8.37. The lowest BCUT2D eigenvalue weighted by atomic mass is 9.54. The summed E-state index contributed by atoms with van der Waals surface area (Å²) in [5, 5.41) is 16.3. The van der Waals surface area contributed by atoms with Crippen LogP contribution in [0.4, 0.5) is 10.2 Å². The molecule has 32 heavy (non-hydrogen) atoms. The molecule has 3 aliphatic rings. The van der Waals surface area contributed by atoms with Crippen LogP contribution in [0.15, 0.2) is 47.8 Å². The zero-order valence-corrected chi connectivity index (χ0v) is 18.4. The molecule has 2 fully saturated rings. The summed E-state index contributed by atoms with van der Waals surface area (Å²) >= 11 is 0. The normalized spacial score (nSPS) is 32.1. The van der Waals surface area contributed by atoms with E-state index in [1.807, 2.05) is 0 Å². The number of oxime groups is 1. The van der Waals surface area contributed by atoms with Crippen LogP contribution in [0.5, 0.6) is 0 Å². The highest BCUT2D eigenvalue weighted by Gasteiger charge is 2.57. The van der Waals surface area contributed by atoms with E-state index in [0.717, 1.165) is 44.2 Å². The second-order valence-corrected chi connectivity index (χ2v) is 9.95. The molecule has 5 nitrogen and oxygen atoms in total. The minimum Gasteiger partial charge on any atom is -0.411 e. The average Bonchev–Trinajstić information content (AvgIpc) is 3.09. The Morgan fingerprint density at radius 1 is 1.31 bits per heavy atom. The molecule has 2 saturated carbocycles. The van der Waals surface area contributed by atoms with Crippen molar-refractivity contribution in [2.75, 3.05) is 5.32 Å². The Bertz CT molecular complexity index is 1050. The molecule has 1 amide bonds. The molecule has 5 rings (SSSR count). The number of benzene rings is 1. The van der Waals surface area contributed by atoms with Gasteiger partial charge in [-0.2, -0.15) is 0 Å². The molecule has 0 spiro atoms. The number of fused-ring (bicyclic) bond motifs is 5. The van der Waals surface area contributed by atoms with E-state index in [2.05, 4.69) is 46.6 Å².